The van der Waals surface area contributed by atoms with Crippen molar-refractivity contribution in [1.82, 2.24) is 0 Å². The van der Waals surface area contributed by atoms with Crippen molar-refractivity contribution in [2.45, 2.75) is 26.3 Å². The van der Waals surface area contributed by atoms with E-state index in [1.165, 1.54) is 5.56 Å². The van der Waals surface area contributed by atoms with E-state index in [2.05, 4.69) is 52.6 Å². The van der Waals surface area contributed by atoms with Gasteiger partial charge in [-0.3, -0.25) is 0 Å². The molecule has 1 aliphatic heterocycles. The first-order chi connectivity index (χ1) is 12.9. The minimum absolute atomic E-state index is 0. The summed E-state index contributed by atoms with van der Waals surface area (Å²) in [6.45, 7) is 4.35. The Labute approximate surface area is 180 Å². The zero-order valence-electron chi connectivity index (χ0n) is 16.9. The Morgan fingerprint density at radius 1 is 0.893 bits per heavy atom. The summed E-state index contributed by atoms with van der Waals surface area (Å²) in [5.41, 5.74) is 4.62. The van der Waals surface area contributed by atoms with Crippen LogP contribution in [0.1, 0.15) is 25.0 Å². The Bertz CT molecular complexity index is 914. The van der Waals surface area contributed by atoms with E-state index in [1.807, 2.05) is 6.07 Å². The molecule has 1 heterocycles. The van der Waals surface area contributed by atoms with Crippen molar-refractivity contribution < 1.29 is 35.9 Å². The molecule has 0 aliphatic carbocycles. The van der Waals surface area contributed by atoms with Crippen LogP contribution in [0, 0.1) is 0 Å². The molecule has 2 aromatic rings. The Balaban J connectivity index is 0.00000280. The maximum absolute atomic E-state index is 5.53. The fourth-order valence-electron chi connectivity index (χ4n) is 3.79. The monoisotopic (exact) mass is 469 g/mol. The number of rotatable bonds is 5. The lowest BCUT2D eigenvalue weighted by molar-refractivity contribution is -0.482. The zero-order chi connectivity index (χ0) is 19.7. The van der Waals surface area contributed by atoms with Crippen LogP contribution in [0.4, 0.5) is 5.69 Å². The summed E-state index contributed by atoms with van der Waals surface area (Å²) in [5.74, 6) is 2.88. The van der Waals surface area contributed by atoms with E-state index in [9.17, 15) is 0 Å². The van der Waals surface area contributed by atoms with Gasteiger partial charge in [0.05, 0.1) is 39.0 Å². The Kier molecular flexibility index (Phi) is 7.23. The van der Waals surface area contributed by atoms with Gasteiger partial charge in [-0.1, -0.05) is 0 Å². The summed E-state index contributed by atoms with van der Waals surface area (Å²) in [4.78, 5) is 0. The maximum atomic E-state index is 5.53. The summed E-state index contributed by atoms with van der Waals surface area (Å²) >= 11 is 3.60. The van der Waals surface area contributed by atoms with Gasteiger partial charge in [0, 0.05) is 25.0 Å². The van der Waals surface area contributed by atoms with E-state index in [0.29, 0.717) is 11.5 Å². The van der Waals surface area contributed by atoms with Gasteiger partial charge in [0.15, 0.2) is 34.8 Å². The molecule has 1 aliphatic rings. The van der Waals surface area contributed by atoms with Crippen LogP contribution < -0.4 is 31.4 Å². The fourth-order valence-corrected chi connectivity index (χ4v) is 4.38. The van der Waals surface area contributed by atoms with Crippen LogP contribution in [-0.4, -0.2) is 44.8 Å². The van der Waals surface area contributed by atoms with Crippen LogP contribution in [0.15, 0.2) is 28.7 Å². The topological polar surface area (TPSA) is 39.9 Å². The van der Waals surface area contributed by atoms with Crippen LogP contribution in [-0.2, 0) is 6.42 Å². The summed E-state index contributed by atoms with van der Waals surface area (Å²) in [5, 5.41) is 0. The van der Waals surface area contributed by atoms with Gasteiger partial charge in [0.2, 0.25) is 5.69 Å². The van der Waals surface area contributed by atoms with Crippen LogP contribution in [0.3, 0.4) is 0 Å². The van der Waals surface area contributed by atoms with Gasteiger partial charge in [-0.15, -0.1) is 0 Å². The third-order valence-corrected chi connectivity index (χ3v) is 5.60. The smallest absolute Gasteiger partial charge is 0.210 e. The Hall–Kier alpha value is -1.92. The summed E-state index contributed by atoms with van der Waals surface area (Å²) in [6.07, 6.45) is 0.902. The Morgan fingerprint density at radius 2 is 1.50 bits per heavy atom. The van der Waals surface area contributed by atoms with Gasteiger partial charge >= 0.3 is 0 Å². The minimum atomic E-state index is 0. The van der Waals surface area contributed by atoms with E-state index in [4.69, 9.17) is 18.9 Å². The first-order valence-electron chi connectivity index (χ1n) is 8.74. The molecule has 1 atom stereocenters. The average Bonchev–Trinajstić information content (AvgIpc) is 2.66. The lowest BCUT2D eigenvalue weighted by Crippen LogP contribution is -3.00. The largest absolute Gasteiger partial charge is 1.00 e. The van der Waals surface area contributed by atoms with E-state index in [-0.39, 0.29) is 18.4 Å². The number of methoxy groups -OCH3 is 4. The first-order valence-corrected chi connectivity index (χ1v) is 9.54. The molecule has 1 unspecified atom stereocenters. The molecular weight excluding hydrogens is 446 g/mol. The minimum Gasteiger partial charge on any atom is -1.00 e. The second kappa shape index (κ2) is 9.05. The molecule has 0 fully saturated rings. The fraction of sp³-hybridized carbons (Fsp3) is 0.381. The van der Waals surface area contributed by atoms with Crippen molar-refractivity contribution in [3.63, 3.8) is 0 Å². The first kappa shape index (κ1) is 22.4. The van der Waals surface area contributed by atoms with Gasteiger partial charge in [-0.25, -0.2) is 0 Å². The van der Waals surface area contributed by atoms with Crippen molar-refractivity contribution in [2.75, 3.05) is 28.4 Å². The predicted octanol–water partition coefficient (Wildman–Crippen LogP) is 1.59. The normalized spacial score (nSPS) is 15.5. The number of ether oxygens (including phenoxy) is 4. The highest BCUT2D eigenvalue weighted by molar-refractivity contribution is 9.10. The number of hydrogen-bond acceptors (Lipinski definition) is 4. The lowest BCUT2D eigenvalue weighted by Gasteiger charge is -2.23. The summed E-state index contributed by atoms with van der Waals surface area (Å²) in [7, 11) is 6.62. The highest BCUT2D eigenvalue weighted by atomic mass is 79.9. The molecule has 0 N–H and O–H groups in total. The van der Waals surface area contributed by atoms with Crippen molar-refractivity contribution in [3.8, 4) is 23.0 Å². The van der Waals surface area contributed by atoms with Gasteiger partial charge in [-0.05, 0) is 40.5 Å². The molecule has 7 heteroatoms. The highest BCUT2D eigenvalue weighted by Crippen LogP contribution is 2.41. The maximum Gasteiger partial charge on any atom is 0.210 e. The number of hydrogen-bond donors (Lipinski definition) is 0. The van der Waals surface area contributed by atoms with Crippen molar-refractivity contribution in [3.05, 3.63) is 39.9 Å². The second-order valence-electron chi connectivity index (χ2n) is 6.54. The highest BCUT2D eigenvalue weighted by Gasteiger charge is 2.32. The summed E-state index contributed by atoms with van der Waals surface area (Å²) < 4.78 is 25.1. The lowest BCUT2D eigenvalue weighted by atomic mass is 9.92. The molecule has 152 valence electrons. The molecule has 0 spiro atoms. The van der Waals surface area contributed by atoms with Crippen molar-refractivity contribution in [2.24, 2.45) is 0 Å². The van der Waals surface area contributed by atoms with E-state index in [0.717, 1.165) is 39.4 Å². The number of nitrogens with zero attached hydrogens (tertiary/aromatic N) is 1. The quantitative estimate of drug-likeness (QED) is 0.622. The van der Waals surface area contributed by atoms with Gasteiger partial charge in [0.25, 0.3) is 0 Å². The van der Waals surface area contributed by atoms with Gasteiger partial charge < -0.3 is 31.4 Å². The molecule has 5 nitrogen and oxygen atoms in total. The van der Waals surface area contributed by atoms with Crippen LogP contribution in [0.5, 0.6) is 23.0 Å². The van der Waals surface area contributed by atoms with E-state index in [1.54, 1.807) is 28.4 Å². The standard InChI is InChI=1S/C21H25BrNO4.ClH/c1-12-7-14-8-18(24-3)19(25-4)11-16(14)13(2)23(12)15-9-17(22)21(27-6)20(10-15)26-5;/h8-12H,7H2,1-6H3;1H/q+1;/p-1. The van der Waals surface area contributed by atoms with Gasteiger partial charge in [-0.2, -0.15) is 4.58 Å². The van der Waals surface area contributed by atoms with Crippen LogP contribution >= 0.6 is 15.9 Å². The predicted molar refractivity (Wildman–Crippen MR) is 110 cm³/mol. The average molecular weight is 471 g/mol. The SMILES string of the molecule is COc1cc2c(cc1OC)C(C)=[N+](c1cc(Br)c(OC)c(OC)c1)C(C)C2.[Cl-]. The van der Waals surface area contributed by atoms with Gasteiger partial charge in [0.1, 0.15) is 0 Å². The third kappa shape index (κ3) is 3.80. The van der Waals surface area contributed by atoms with Crippen molar-refractivity contribution >= 4 is 27.3 Å². The zero-order valence-corrected chi connectivity index (χ0v) is 19.3. The third-order valence-electron chi connectivity index (χ3n) is 5.01. The van der Waals surface area contributed by atoms with E-state index >= 15 is 0 Å². The van der Waals surface area contributed by atoms with E-state index < -0.39 is 0 Å². The molecule has 0 amide bonds. The molecular formula is C21H25BrClNO4. The van der Waals surface area contributed by atoms with Crippen LogP contribution in [0.25, 0.3) is 0 Å². The molecule has 28 heavy (non-hydrogen) atoms. The Morgan fingerprint density at radius 3 is 2.07 bits per heavy atom. The molecule has 3 rings (SSSR count). The van der Waals surface area contributed by atoms with Crippen LogP contribution in [0.2, 0.25) is 0 Å². The number of halogens is 2. The summed E-state index contributed by atoms with van der Waals surface area (Å²) in [6, 6.07) is 8.48. The molecule has 0 bridgehead atoms. The molecule has 0 saturated heterocycles. The molecule has 0 aromatic heterocycles. The second-order valence-corrected chi connectivity index (χ2v) is 7.39. The number of benzene rings is 2. The van der Waals surface area contributed by atoms with Crippen molar-refractivity contribution in [1.29, 1.82) is 0 Å². The number of fused-ring (bicyclic) bond motifs is 1. The molecule has 0 radical (unpaired) electrons. The molecule has 0 saturated carbocycles. The molecule has 2 aromatic carbocycles.